The van der Waals surface area contributed by atoms with Crippen LogP contribution in [-0.2, 0) is 6.42 Å². The smallest absolute Gasteiger partial charge is 0.291 e. The lowest BCUT2D eigenvalue weighted by atomic mass is 10.1. The molecule has 0 fully saturated rings. The zero-order chi connectivity index (χ0) is 16.2. The van der Waals surface area contributed by atoms with E-state index in [1.807, 2.05) is 24.4 Å². The summed E-state index contributed by atoms with van der Waals surface area (Å²) in [4.78, 5) is 17.6. The van der Waals surface area contributed by atoms with Crippen molar-refractivity contribution in [3.05, 3.63) is 54.1 Å². The molecule has 120 valence electrons. The summed E-state index contributed by atoms with van der Waals surface area (Å²) in [5.74, 6) is 0.0705. The van der Waals surface area contributed by atoms with Gasteiger partial charge in [0, 0.05) is 29.3 Å². The van der Waals surface area contributed by atoms with E-state index in [-0.39, 0.29) is 5.91 Å². The quantitative estimate of drug-likeness (QED) is 0.732. The highest BCUT2D eigenvalue weighted by atomic mass is 16.3. The number of hydrogen-bond donors (Lipinski definition) is 2. The van der Waals surface area contributed by atoms with Gasteiger partial charge in [0.15, 0.2) is 5.76 Å². The van der Waals surface area contributed by atoms with Crippen molar-refractivity contribution in [1.29, 1.82) is 0 Å². The molecule has 0 radical (unpaired) electrons. The van der Waals surface area contributed by atoms with Crippen molar-refractivity contribution < 1.29 is 9.21 Å². The Hall–Kier alpha value is -2.53. The number of hydrogen-bond acceptors (Lipinski definition) is 3. The molecule has 2 N–H and O–H groups in total. The minimum atomic E-state index is -0.239. The van der Waals surface area contributed by atoms with E-state index in [2.05, 4.69) is 29.2 Å². The summed E-state index contributed by atoms with van der Waals surface area (Å²) in [5, 5.41) is 4.02. The number of rotatable bonds is 6. The molecule has 5 nitrogen and oxygen atoms in total. The fraction of sp³-hybridized carbons (Fsp3) is 0.278. The van der Waals surface area contributed by atoms with Gasteiger partial charge in [0.2, 0.25) is 0 Å². The fourth-order valence-electron chi connectivity index (χ4n) is 2.53. The number of benzene rings is 1. The Bertz CT molecular complexity index is 790. The highest BCUT2D eigenvalue weighted by Crippen LogP contribution is 2.23. The maximum atomic E-state index is 12.1. The number of anilines is 1. The van der Waals surface area contributed by atoms with E-state index in [1.165, 1.54) is 11.8 Å². The second-order valence-corrected chi connectivity index (χ2v) is 5.65. The van der Waals surface area contributed by atoms with Crippen molar-refractivity contribution in [2.24, 2.45) is 0 Å². The lowest BCUT2D eigenvalue weighted by Crippen LogP contribution is -2.20. The summed E-state index contributed by atoms with van der Waals surface area (Å²) in [6.07, 6.45) is 4.51. The number of H-pyrrole nitrogens is 1. The van der Waals surface area contributed by atoms with Gasteiger partial charge in [0.25, 0.3) is 5.91 Å². The van der Waals surface area contributed by atoms with Crippen LogP contribution in [0.3, 0.4) is 0 Å². The van der Waals surface area contributed by atoms with Crippen LogP contribution < -0.4 is 5.32 Å². The molecule has 3 aromatic rings. The van der Waals surface area contributed by atoms with Crippen LogP contribution in [0, 0.1) is 0 Å². The summed E-state index contributed by atoms with van der Waals surface area (Å²) in [6, 6.07) is 9.23. The molecular weight excluding hydrogens is 290 g/mol. The third-order valence-corrected chi connectivity index (χ3v) is 4.07. The summed E-state index contributed by atoms with van der Waals surface area (Å²) in [6.45, 7) is 4.19. The first-order chi connectivity index (χ1) is 11.2. The van der Waals surface area contributed by atoms with Crippen LogP contribution in [0.15, 0.2) is 47.2 Å². The van der Waals surface area contributed by atoms with Crippen molar-refractivity contribution >= 4 is 22.5 Å². The van der Waals surface area contributed by atoms with Crippen molar-refractivity contribution in [3.63, 3.8) is 0 Å². The van der Waals surface area contributed by atoms with Crippen LogP contribution in [0.2, 0.25) is 0 Å². The Morgan fingerprint density at radius 2 is 2.22 bits per heavy atom. The number of likely N-dealkylation sites (N-methyl/N-ethyl adjacent to an activating group) is 1. The first kappa shape index (κ1) is 15.4. The second-order valence-electron chi connectivity index (χ2n) is 5.65. The highest BCUT2D eigenvalue weighted by molar-refractivity contribution is 6.03. The lowest BCUT2D eigenvalue weighted by Gasteiger charge is -2.12. The zero-order valence-electron chi connectivity index (χ0n) is 13.4. The number of carbonyl (C=O) groups excluding carboxylic acids is 1. The average Bonchev–Trinajstić information content (AvgIpc) is 3.22. The molecule has 3 rings (SSSR count). The molecule has 2 aromatic heterocycles. The number of nitrogens with zero attached hydrogens (tertiary/aromatic N) is 1. The van der Waals surface area contributed by atoms with E-state index < -0.39 is 0 Å². The van der Waals surface area contributed by atoms with Crippen LogP contribution in [0.1, 0.15) is 23.0 Å². The highest BCUT2D eigenvalue weighted by Gasteiger charge is 2.10. The number of amides is 1. The van der Waals surface area contributed by atoms with Gasteiger partial charge < -0.3 is 19.6 Å². The summed E-state index contributed by atoms with van der Waals surface area (Å²) in [5.41, 5.74) is 3.10. The molecule has 0 atom stereocenters. The molecular formula is C18H21N3O2. The van der Waals surface area contributed by atoms with Crippen LogP contribution in [-0.4, -0.2) is 35.9 Å². The summed E-state index contributed by atoms with van der Waals surface area (Å²) in [7, 11) is 2.11. The van der Waals surface area contributed by atoms with Gasteiger partial charge in [-0.25, -0.2) is 0 Å². The Morgan fingerprint density at radius 3 is 2.96 bits per heavy atom. The number of fused-ring (bicyclic) bond motifs is 1. The topological polar surface area (TPSA) is 61.3 Å². The van der Waals surface area contributed by atoms with Gasteiger partial charge in [-0.1, -0.05) is 6.92 Å². The van der Waals surface area contributed by atoms with E-state index >= 15 is 0 Å². The van der Waals surface area contributed by atoms with Crippen molar-refractivity contribution in [2.75, 3.05) is 25.5 Å². The van der Waals surface area contributed by atoms with Crippen LogP contribution in [0.25, 0.3) is 10.9 Å². The Kier molecular flexibility index (Phi) is 4.48. The van der Waals surface area contributed by atoms with E-state index in [4.69, 9.17) is 4.42 Å². The standard InChI is InChI=1S/C18H21N3O2/c1-3-21(2)9-8-13-12-19-16-7-6-14(11-15(13)16)20-18(22)17-5-4-10-23-17/h4-7,10-12,19H,3,8-9H2,1-2H3,(H,20,22). The van der Waals surface area contributed by atoms with Crippen molar-refractivity contribution in [3.8, 4) is 0 Å². The minimum absolute atomic E-state index is 0.239. The molecule has 0 saturated carbocycles. The van der Waals surface area contributed by atoms with Gasteiger partial charge in [-0.2, -0.15) is 0 Å². The molecule has 0 unspecified atom stereocenters. The minimum Gasteiger partial charge on any atom is -0.459 e. The Balaban J connectivity index is 1.78. The SMILES string of the molecule is CCN(C)CCc1c[nH]c2ccc(NC(=O)c3ccco3)cc12. The van der Waals surface area contributed by atoms with E-state index in [9.17, 15) is 4.79 Å². The van der Waals surface area contributed by atoms with Gasteiger partial charge in [-0.15, -0.1) is 0 Å². The molecule has 0 aliphatic heterocycles. The van der Waals surface area contributed by atoms with E-state index in [1.54, 1.807) is 12.1 Å². The van der Waals surface area contributed by atoms with Gasteiger partial charge in [0.1, 0.15) is 0 Å². The van der Waals surface area contributed by atoms with Crippen LogP contribution >= 0.6 is 0 Å². The van der Waals surface area contributed by atoms with E-state index in [0.717, 1.165) is 36.1 Å². The molecule has 0 bridgehead atoms. The number of aromatic nitrogens is 1. The molecule has 0 aliphatic rings. The largest absolute Gasteiger partial charge is 0.459 e. The van der Waals surface area contributed by atoms with Crippen LogP contribution in [0.4, 0.5) is 5.69 Å². The molecule has 2 heterocycles. The van der Waals surface area contributed by atoms with Gasteiger partial charge in [0.05, 0.1) is 6.26 Å². The number of furan rings is 1. The molecule has 1 amide bonds. The Labute approximate surface area is 135 Å². The second kappa shape index (κ2) is 6.71. The van der Waals surface area contributed by atoms with Crippen LogP contribution in [0.5, 0.6) is 0 Å². The summed E-state index contributed by atoms with van der Waals surface area (Å²) < 4.78 is 5.12. The molecule has 5 heteroatoms. The average molecular weight is 311 g/mol. The monoisotopic (exact) mass is 311 g/mol. The van der Waals surface area contributed by atoms with E-state index in [0.29, 0.717) is 5.76 Å². The predicted molar refractivity (Wildman–Crippen MR) is 91.8 cm³/mol. The first-order valence-electron chi connectivity index (χ1n) is 7.81. The predicted octanol–water partition coefficient (Wildman–Crippen LogP) is 3.51. The molecule has 23 heavy (non-hydrogen) atoms. The van der Waals surface area contributed by atoms with Gasteiger partial charge in [-0.05, 0) is 55.9 Å². The third-order valence-electron chi connectivity index (χ3n) is 4.07. The summed E-state index contributed by atoms with van der Waals surface area (Å²) >= 11 is 0. The van der Waals surface area contributed by atoms with Crippen molar-refractivity contribution in [1.82, 2.24) is 9.88 Å². The zero-order valence-corrected chi connectivity index (χ0v) is 13.4. The Morgan fingerprint density at radius 1 is 1.35 bits per heavy atom. The number of carbonyl (C=O) groups is 1. The number of aromatic amines is 1. The molecule has 0 aliphatic carbocycles. The third kappa shape index (κ3) is 3.46. The molecule has 0 spiro atoms. The van der Waals surface area contributed by atoms with Gasteiger partial charge >= 0.3 is 0 Å². The lowest BCUT2D eigenvalue weighted by molar-refractivity contribution is 0.0996. The molecule has 1 aromatic carbocycles. The normalized spacial score (nSPS) is 11.3. The molecule has 0 saturated heterocycles. The number of nitrogens with one attached hydrogen (secondary N) is 2. The van der Waals surface area contributed by atoms with Crippen molar-refractivity contribution in [2.45, 2.75) is 13.3 Å². The first-order valence-corrected chi connectivity index (χ1v) is 7.81. The van der Waals surface area contributed by atoms with Gasteiger partial charge in [-0.3, -0.25) is 4.79 Å². The fourth-order valence-corrected chi connectivity index (χ4v) is 2.53. The maximum Gasteiger partial charge on any atom is 0.291 e. The maximum absolute atomic E-state index is 12.1.